The second kappa shape index (κ2) is 11.8. The summed E-state index contributed by atoms with van der Waals surface area (Å²) in [7, 11) is 0. The number of aliphatic hydroxyl groups excluding tert-OH is 1. The summed E-state index contributed by atoms with van der Waals surface area (Å²) in [6.45, 7) is 8.31. The lowest BCUT2D eigenvalue weighted by molar-refractivity contribution is 0.0597. The zero-order chi connectivity index (χ0) is 28.2. The Morgan fingerprint density at radius 1 is 1.21 bits per heavy atom. The number of rotatable bonds is 8. The number of likely N-dealkylation sites (tertiary alicyclic amines) is 1. The summed E-state index contributed by atoms with van der Waals surface area (Å²) >= 11 is 0. The number of carboxylic acid groups (broad SMARTS) is 1. The SMILES string of the molecule is CCOc1ccc(N(C(=O)OC(C)(C)C)c2c(CCO)c(NC3CCCN(C(=O)O)C3)nc3ccnn23)cc1. The predicted molar refractivity (Wildman–Crippen MR) is 146 cm³/mol. The summed E-state index contributed by atoms with van der Waals surface area (Å²) in [4.78, 5) is 32.9. The Morgan fingerprint density at radius 2 is 1.95 bits per heavy atom. The fourth-order valence-corrected chi connectivity index (χ4v) is 4.59. The highest BCUT2D eigenvalue weighted by molar-refractivity contribution is 5.97. The minimum absolute atomic E-state index is 0.159. The van der Waals surface area contributed by atoms with Crippen LogP contribution in [0.2, 0.25) is 0 Å². The number of hydrogen-bond acceptors (Lipinski definition) is 8. The Morgan fingerprint density at radius 3 is 2.59 bits per heavy atom. The Labute approximate surface area is 227 Å². The van der Waals surface area contributed by atoms with Gasteiger partial charge in [0.1, 0.15) is 17.2 Å². The fraction of sp³-hybridized carbons (Fsp3) is 0.481. The van der Waals surface area contributed by atoms with E-state index in [4.69, 9.17) is 14.5 Å². The molecule has 0 bridgehead atoms. The van der Waals surface area contributed by atoms with Gasteiger partial charge in [-0.15, -0.1) is 0 Å². The van der Waals surface area contributed by atoms with Crippen LogP contribution in [-0.2, 0) is 11.2 Å². The van der Waals surface area contributed by atoms with Gasteiger partial charge in [-0.3, -0.25) is 0 Å². The van der Waals surface area contributed by atoms with E-state index in [1.54, 1.807) is 61.8 Å². The topological polar surface area (TPSA) is 142 Å². The van der Waals surface area contributed by atoms with Gasteiger partial charge >= 0.3 is 12.2 Å². The van der Waals surface area contributed by atoms with E-state index in [0.717, 1.165) is 6.42 Å². The lowest BCUT2D eigenvalue weighted by Crippen LogP contribution is -2.44. The van der Waals surface area contributed by atoms with Gasteiger partial charge in [-0.05, 0) is 64.8 Å². The van der Waals surface area contributed by atoms with Crippen molar-refractivity contribution in [2.45, 2.75) is 58.6 Å². The number of piperidine rings is 1. The molecule has 0 radical (unpaired) electrons. The van der Waals surface area contributed by atoms with Crippen LogP contribution in [0.3, 0.4) is 0 Å². The van der Waals surface area contributed by atoms with Crippen LogP contribution in [0, 0.1) is 0 Å². The number of benzene rings is 1. The first kappa shape index (κ1) is 28.0. The van der Waals surface area contributed by atoms with Crippen molar-refractivity contribution >= 4 is 35.2 Å². The molecule has 3 heterocycles. The Kier molecular flexibility index (Phi) is 8.44. The van der Waals surface area contributed by atoms with Gasteiger partial charge in [-0.2, -0.15) is 9.61 Å². The maximum absolute atomic E-state index is 13.8. The van der Waals surface area contributed by atoms with Crippen LogP contribution in [0.4, 0.5) is 26.9 Å². The lowest BCUT2D eigenvalue weighted by atomic mass is 10.1. The summed E-state index contributed by atoms with van der Waals surface area (Å²) in [5.74, 6) is 1.47. The van der Waals surface area contributed by atoms with Crippen LogP contribution in [-0.4, -0.2) is 79.8 Å². The molecule has 2 amide bonds. The van der Waals surface area contributed by atoms with Crippen LogP contribution in [0.15, 0.2) is 36.5 Å². The smallest absolute Gasteiger partial charge is 0.420 e. The molecular weight excluding hydrogens is 504 g/mol. The number of carbonyl (C=O) groups excluding carboxylic acids is 1. The number of anilines is 3. The molecule has 1 aliphatic rings. The van der Waals surface area contributed by atoms with Crippen molar-refractivity contribution in [1.82, 2.24) is 19.5 Å². The first-order valence-corrected chi connectivity index (χ1v) is 13.1. The van der Waals surface area contributed by atoms with Crippen LogP contribution in [0.5, 0.6) is 5.75 Å². The molecule has 1 atom stereocenters. The second-order valence-corrected chi connectivity index (χ2v) is 10.3. The monoisotopic (exact) mass is 540 g/mol. The largest absolute Gasteiger partial charge is 0.494 e. The molecule has 2 aromatic heterocycles. The number of amides is 2. The molecule has 0 aliphatic carbocycles. The van der Waals surface area contributed by atoms with Crippen molar-refractivity contribution in [3.8, 4) is 5.75 Å². The molecule has 0 saturated carbocycles. The molecule has 4 rings (SSSR count). The zero-order valence-electron chi connectivity index (χ0n) is 22.8. The molecule has 1 fully saturated rings. The third-order valence-electron chi connectivity index (χ3n) is 6.19. The van der Waals surface area contributed by atoms with Gasteiger partial charge in [0.25, 0.3) is 0 Å². The minimum Gasteiger partial charge on any atom is -0.494 e. The van der Waals surface area contributed by atoms with Crippen molar-refractivity contribution in [2.75, 3.05) is 36.5 Å². The first-order chi connectivity index (χ1) is 18.6. The third-order valence-corrected chi connectivity index (χ3v) is 6.19. The number of hydrogen-bond donors (Lipinski definition) is 3. The highest BCUT2D eigenvalue weighted by Crippen LogP contribution is 2.36. The van der Waals surface area contributed by atoms with E-state index in [-0.39, 0.29) is 19.1 Å². The maximum Gasteiger partial charge on any atom is 0.420 e. The van der Waals surface area contributed by atoms with Crippen LogP contribution in [0.1, 0.15) is 46.1 Å². The number of fused-ring (bicyclic) bond motifs is 1. The van der Waals surface area contributed by atoms with Gasteiger partial charge in [-0.1, -0.05) is 0 Å². The van der Waals surface area contributed by atoms with Crippen LogP contribution >= 0.6 is 0 Å². The van der Waals surface area contributed by atoms with Crippen molar-refractivity contribution in [3.05, 3.63) is 42.1 Å². The average molecular weight is 541 g/mol. The van der Waals surface area contributed by atoms with E-state index < -0.39 is 17.8 Å². The van der Waals surface area contributed by atoms with Crippen molar-refractivity contribution in [3.63, 3.8) is 0 Å². The zero-order valence-corrected chi connectivity index (χ0v) is 22.8. The molecule has 0 spiro atoms. The molecular formula is C27H36N6O6. The number of carbonyl (C=O) groups is 2. The van der Waals surface area contributed by atoms with Gasteiger partial charge in [0.2, 0.25) is 0 Å². The van der Waals surface area contributed by atoms with E-state index in [1.807, 2.05) is 6.92 Å². The van der Waals surface area contributed by atoms with Gasteiger partial charge in [0, 0.05) is 43.8 Å². The third kappa shape index (κ3) is 6.51. The molecule has 12 nitrogen and oxygen atoms in total. The van der Waals surface area contributed by atoms with E-state index in [9.17, 15) is 19.8 Å². The van der Waals surface area contributed by atoms with Crippen LogP contribution in [0.25, 0.3) is 5.65 Å². The molecule has 210 valence electrons. The average Bonchev–Trinajstić information content (AvgIpc) is 3.34. The highest BCUT2D eigenvalue weighted by atomic mass is 16.6. The quantitative estimate of drug-likeness (QED) is 0.381. The molecule has 12 heteroatoms. The van der Waals surface area contributed by atoms with Crippen molar-refractivity contribution < 1.29 is 29.3 Å². The van der Waals surface area contributed by atoms with E-state index in [0.29, 0.717) is 60.4 Å². The first-order valence-electron chi connectivity index (χ1n) is 13.1. The van der Waals surface area contributed by atoms with Crippen molar-refractivity contribution in [2.24, 2.45) is 0 Å². The number of aliphatic hydroxyl groups is 1. The Balaban J connectivity index is 1.86. The molecule has 3 aromatic rings. The summed E-state index contributed by atoms with van der Waals surface area (Å²) in [6, 6.07) is 8.57. The fourth-order valence-electron chi connectivity index (χ4n) is 4.59. The molecule has 1 aliphatic heterocycles. The second-order valence-electron chi connectivity index (χ2n) is 10.3. The van der Waals surface area contributed by atoms with E-state index in [1.165, 1.54) is 9.80 Å². The highest BCUT2D eigenvalue weighted by Gasteiger charge is 2.32. The Bertz CT molecular complexity index is 1300. The van der Waals surface area contributed by atoms with E-state index in [2.05, 4.69) is 10.4 Å². The number of nitrogens with one attached hydrogen (secondary N) is 1. The summed E-state index contributed by atoms with van der Waals surface area (Å²) in [5.41, 5.74) is 0.744. The molecule has 1 unspecified atom stereocenters. The van der Waals surface area contributed by atoms with E-state index >= 15 is 0 Å². The van der Waals surface area contributed by atoms with Gasteiger partial charge in [0.05, 0.1) is 18.5 Å². The lowest BCUT2D eigenvalue weighted by Gasteiger charge is -2.33. The summed E-state index contributed by atoms with van der Waals surface area (Å²) in [5, 5.41) is 27.4. The number of ether oxygens (including phenoxy) is 2. The predicted octanol–water partition coefficient (Wildman–Crippen LogP) is 4.29. The minimum atomic E-state index is -0.969. The van der Waals surface area contributed by atoms with Crippen LogP contribution < -0.4 is 15.0 Å². The van der Waals surface area contributed by atoms with Gasteiger partial charge in [0.15, 0.2) is 11.5 Å². The standard InChI is InChI=1S/C27H36N6O6/c1-5-38-20-10-8-19(9-11-20)32(26(37)39-27(2,3)4)24-21(13-16-34)23(30-22-12-14-28-33(22)24)29-18-7-6-15-31(17-18)25(35)36/h8-12,14,18,34H,5-7,13,15-17H2,1-4H3,(H,29,30)(H,35,36). The Hall–Kier alpha value is -4.06. The number of nitrogens with zero attached hydrogens (tertiary/aromatic N) is 5. The normalized spacial score (nSPS) is 15.7. The number of aromatic nitrogens is 3. The maximum atomic E-state index is 13.8. The van der Waals surface area contributed by atoms with Crippen molar-refractivity contribution in [1.29, 1.82) is 0 Å². The summed E-state index contributed by atoms with van der Waals surface area (Å²) < 4.78 is 12.9. The molecule has 3 N–H and O–H groups in total. The van der Waals surface area contributed by atoms with Gasteiger partial charge in [-0.25, -0.2) is 19.5 Å². The summed E-state index contributed by atoms with van der Waals surface area (Å²) in [6.07, 6.45) is 1.59. The molecule has 1 saturated heterocycles. The molecule has 1 aromatic carbocycles. The molecule has 39 heavy (non-hydrogen) atoms. The van der Waals surface area contributed by atoms with Gasteiger partial charge < -0.3 is 29.9 Å².